The topological polar surface area (TPSA) is 24.9 Å². The summed E-state index contributed by atoms with van der Waals surface area (Å²) in [6.07, 6.45) is 4.17. The van der Waals surface area contributed by atoms with E-state index in [0.29, 0.717) is 0 Å². The molecular formula is C17H25BrN2O2. The van der Waals surface area contributed by atoms with Crippen LogP contribution in [0.3, 0.4) is 0 Å². The van der Waals surface area contributed by atoms with E-state index < -0.39 is 0 Å². The van der Waals surface area contributed by atoms with Crippen molar-refractivity contribution in [3.05, 3.63) is 29.8 Å². The lowest BCUT2D eigenvalue weighted by Crippen LogP contribution is -2.33. The molecule has 1 atom stereocenters. The Labute approximate surface area is 141 Å². The first-order chi connectivity index (χ1) is 10.8. The SMILES string of the molecule is BrN1CCOC(c2cccc(OCCN3CCCCC3)c2)C1. The highest BCUT2D eigenvalue weighted by Gasteiger charge is 2.20. The molecule has 0 bridgehead atoms. The Hall–Kier alpha value is -0.620. The lowest BCUT2D eigenvalue weighted by atomic mass is 10.1. The van der Waals surface area contributed by atoms with Gasteiger partial charge < -0.3 is 9.47 Å². The zero-order chi connectivity index (χ0) is 15.2. The zero-order valence-corrected chi connectivity index (χ0v) is 14.6. The van der Waals surface area contributed by atoms with Gasteiger partial charge in [-0.15, -0.1) is 0 Å². The van der Waals surface area contributed by atoms with Crippen molar-refractivity contribution in [2.75, 3.05) is 45.9 Å². The maximum Gasteiger partial charge on any atom is 0.119 e. The molecule has 3 rings (SSSR count). The van der Waals surface area contributed by atoms with E-state index in [1.807, 2.05) is 6.07 Å². The highest BCUT2D eigenvalue weighted by atomic mass is 79.9. The lowest BCUT2D eigenvalue weighted by Gasteiger charge is -2.29. The van der Waals surface area contributed by atoms with E-state index >= 15 is 0 Å². The molecule has 2 heterocycles. The number of nitrogens with zero attached hydrogens (tertiary/aromatic N) is 2. The van der Waals surface area contributed by atoms with Gasteiger partial charge in [0.2, 0.25) is 0 Å². The Kier molecular flexibility index (Phi) is 6.12. The van der Waals surface area contributed by atoms with E-state index in [0.717, 1.165) is 38.6 Å². The molecular weight excluding hydrogens is 344 g/mol. The zero-order valence-electron chi connectivity index (χ0n) is 13.0. The smallest absolute Gasteiger partial charge is 0.119 e. The van der Waals surface area contributed by atoms with Crippen LogP contribution in [0.4, 0.5) is 0 Å². The van der Waals surface area contributed by atoms with Gasteiger partial charge in [0.05, 0.1) is 12.7 Å². The van der Waals surface area contributed by atoms with E-state index in [9.17, 15) is 0 Å². The van der Waals surface area contributed by atoms with Crippen LogP contribution in [0.25, 0.3) is 0 Å². The van der Waals surface area contributed by atoms with E-state index in [1.54, 1.807) is 0 Å². The molecule has 2 aliphatic heterocycles. The first kappa shape index (κ1) is 16.2. The second-order valence-electron chi connectivity index (χ2n) is 6.05. The van der Waals surface area contributed by atoms with Crippen LogP contribution in [-0.4, -0.2) is 54.8 Å². The molecule has 0 amide bonds. The van der Waals surface area contributed by atoms with Crippen LogP contribution in [0.5, 0.6) is 5.75 Å². The Morgan fingerprint density at radius 3 is 2.86 bits per heavy atom. The summed E-state index contributed by atoms with van der Waals surface area (Å²) in [7, 11) is 0. The summed E-state index contributed by atoms with van der Waals surface area (Å²) in [4.78, 5) is 2.50. The van der Waals surface area contributed by atoms with Crippen molar-refractivity contribution in [2.45, 2.75) is 25.4 Å². The molecule has 0 N–H and O–H groups in total. The summed E-state index contributed by atoms with van der Waals surface area (Å²) in [5.41, 5.74) is 1.19. The summed E-state index contributed by atoms with van der Waals surface area (Å²) >= 11 is 3.55. The molecule has 0 aromatic heterocycles. The predicted molar refractivity (Wildman–Crippen MR) is 91.4 cm³/mol. The fourth-order valence-corrected chi connectivity index (χ4v) is 3.51. The van der Waals surface area contributed by atoms with Crippen LogP contribution < -0.4 is 4.74 Å². The van der Waals surface area contributed by atoms with Crippen molar-refractivity contribution in [2.24, 2.45) is 0 Å². The Bertz CT molecular complexity index is 466. The molecule has 0 aliphatic carbocycles. The molecule has 2 aliphatic rings. The highest BCUT2D eigenvalue weighted by molar-refractivity contribution is 9.07. The number of halogens is 1. The summed E-state index contributed by atoms with van der Waals surface area (Å²) in [5, 5.41) is 0. The number of morpholine rings is 1. The molecule has 1 aromatic rings. The van der Waals surface area contributed by atoms with Crippen molar-refractivity contribution >= 4 is 16.1 Å². The molecule has 0 saturated carbocycles. The van der Waals surface area contributed by atoms with Gasteiger partial charge in [0.15, 0.2) is 0 Å². The summed E-state index contributed by atoms with van der Waals surface area (Å²) in [5.74, 6) is 0.949. The third-order valence-electron chi connectivity index (χ3n) is 4.37. The van der Waals surface area contributed by atoms with Gasteiger partial charge in [-0.1, -0.05) is 18.6 Å². The second-order valence-corrected chi connectivity index (χ2v) is 7.05. The van der Waals surface area contributed by atoms with Gasteiger partial charge >= 0.3 is 0 Å². The largest absolute Gasteiger partial charge is 0.492 e. The van der Waals surface area contributed by atoms with Crippen LogP contribution in [0.15, 0.2) is 24.3 Å². The minimum Gasteiger partial charge on any atom is -0.492 e. The van der Waals surface area contributed by atoms with Crippen LogP contribution >= 0.6 is 16.1 Å². The number of piperidine rings is 1. The van der Waals surface area contributed by atoms with E-state index in [1.165, 1.54) is 37.9 Å². The van der Waals surface area contributed by atoms with Crippen molar-refractivity contribution < 1.29 is 9.47 Å². The Balaban J connectivity index is 1.50. The van der Waals surface area contributed by atoms with Crippen molar-refractivity contribution in [1.82, 2.24) is 8.83 Å². The van der Waals surface area contributed by atoms with Crippen LogP contribution in [0.2, 0.25) is 0 Å². The van der Waals surface area contributed by atoms with Crippen molar-refractivity contribution in [3.63, 3.8) is 0 Å². The Morgan fingerprint density at radius 2 is 2.05 bits per heavy atom. The Morgan fingerprint density at radius 1 is 1.18 bits per heavy atom. The van der Waals surface area contributed by atoms with Gasteiger partial charge in [0, 0.05) is 35.8 Å². The highest BCUT2D eigenvalue weighted by Crippen LogP contribution is 2.26. The monoisotopic (exact) mass is 368 g/mol. The van der Waals surface area contributed by atoms with E-state index in [-0.39, 0.29) is 6.10 Å². The third kappa shape index (κ3) is 4.69. The average molecular weight is 369 g/mol. The third-order valence-corrected chi connectivity index (χ3v) is 5.02. The second kappa shape index (κ2) is 8.29. The standard InChI is InChI=1S/C17H25BrN2O2/c18-20-10-12-22-17(14-20)15-5-4-6-16(13-15)21-11-9-19-7-2-1-3-8-19/h4-6,13,17H,1-3,7-12,14H2. The van der Waals surface area contributed by atoms with Gasteiger partial charge in [-0.2, -0.15) is 0 Å². The van der Waals surface area contributed by atoms with Crippen LogP contribution in [0, 0.1) is 0 Å². The van der Waals surface area contributed by atoms with Crippen LogP contribution in [-0.2, 0) is 4.74 Å². The van der Waals surface area contributed by atoms with Gasteiger partial charge in [-0.05, 0) is 43.6 Å². The molecule has 0 radical (unpaired) electrons. The summed E-state index contributed by atoms with van der Waals surface area (Å²) in [6.45, 7) is 6.80. The lowest BCUT2D eigenvalue weighted by molar-refractivity contribution is 0.00261. The number of ether oxygens (including phenoxy) is 2. The minimum absolute atomic E-state index is 0.124. The number of hydrogen-bond donors (Lipinski definition) is 0. The molecule has 1 aromatic carbocycles. The number of rotatable bonds is 5. The maximum absolute atomic E-state index is 5.94. The molecule has 122 valence electrons. The fourth-order valence-electron chi connectivity index (χ4n) is 3.10. The van der Waals surface area contributed by atoms with E-state index in [4.69, 9.17) is 9.47 Å². The molecule has 1 unspecified atom stereocenters. The van der Waals surface area contributed by atoms with Gasteiger partial charge in [0.25, 0.3) is 0 Å². The first-order valence-corrected chi connectivity index (χ1v) is 8.99. The summed E-state index contributed by atoms with van der Waals surface area (Å²) in [6, 6.07) is 8.33. The predicted octanol–water partition coefficient (Wildman–Crippen LogP) is 3.23. The molecule has 22 heavy (non-hydrogen) atoms. The number of benzene rings is 1. The number of hydrogen-bond acceptors (Lipinski definition) is 4. The van der Waals surface area contributed by atoms with Gasteiger partial charge in [-0.25, -0.2) is 3.93 Å². The van der Waals surface area contributed by atoms with E-state index in [2.05, 4.69) is 43.2 Å². The number of likely N-dealkylation sites (tertiary alicyclic amines) is 1. The van der Waals surface area contributed by atoms with Crippen molar-refractivity contribution in [1.29, 1.82) is 0 Å². The molecule has 5 heteroatoms. The molecule has 2 fully saturated rings. The molecule has 4 nitrogen and oxygen atoms in total. The molecule has 2 saturated heterocycles. The fraction of sp³-hybridized carbons (Fsp3) is 0.647. The summed E-state index contributed by atoms with van der Waals surface area (Å²) < 4.78 is 13.9. The maximum atomic E-state index is 5.94. The first-order valence-electron chi connectivity index (χ1n) is 8.29. The average Bonchev–Trinajstić information content (AvgIpc) is 2.56. The quantitative estimate of drug-likeness (QED) is 0.744. The van der Waals surface area contributed by atoms with Gasteiger partial charge in [-0.3, -0.25) is 4.90 Å². The normalized spacial score (nSPS) is 24.3. The van der Waals surface area contributed by atoms with Crippen LogP contribution in [0.1, 0.15) is 30.9 Å². The minimum atomic E-state index is 0.124. The molecule has 0 spiro atoms. The van der Waals surface area contributed by atoms with Crippen molar-refractivity contribution in [3.8, 4) is 5.75 Å². The van der Waals surface area contributed by atoms with Gasteiger partial charge in [0.1, 0.15) is 12.4 Å².